The van der Waals surface area contributed by atoms with E-state index in [0.717, 1.165) is 28.0 Å². The summed E-state index contributed by atoms with van der Waals surface area (Å²) in [7, 11) is 0. The number of carbonyl (C=O) groups is 2. The highest BCUT2D eigenvalue weighted by Gasteiger charge is 2.31. The maximum atomic E-state index is 14.7. The molecule has 2 fully saturated rings. The number of allylic oxidation sites excluding steroid dienone is 4. The number of nitrogens with zero attached hydrogens (tertiary/aromatic N) is 1. The summed E-state index contributed by atoms with van der Waals surface area (Å²) < 4.78 is 25.6. The highest BCUT2D eigenvalue weighted by molar-refractivity contribution is 5.87. The Morgan fingerprint density at radius 2 is 2.03 bits per heavy atom. The van der Waals surface area contributed by atoms with E-state index in [9.17, 15) is 14.0 Å². The lowest BCUT2D eigenvalue weighted by Crippen LogP contribution is -2.34. The Morgan fingerprint density at radius 1 is 1.21 bits per heavy atom. The van der Waals surface area contributed by atoms with Crippen molar-refractivity contribution in [2.45, 2.75) is 32.2 Å². The normalized spacial score (nSPS) is 20.6. The zero-order valence-corrected chi connectivity index (χ0v) is 18.8. The quantitative estimate of drug-likeness (QED) is 0.650. The van der Waals surface area contributed by atoms with Crippen LogP contribution in [0, 0.1) is 5.82 Å². The largest absolute Gasteiger partial charge is 0.454 e. The lowest BCUT2D eigenvalue weighted by Gasteiger charge is -2.19. The summed E-state index contributed by atoms with van der Waals surface area (Å²) in [6, 6.07) is 12.3. The van der Waals surface area contributed by atoms with Crippen molar-refractivity contribution in [3.05, 3.63) is 88.4 Å². The van der Waals surface area contributed by atoms with E-state index in [2.05, 4.69) is 5.32 Å². The number of benzene rings is 2. The van der Waals surface area contributed by atoms with Gasteiger partial charge in [-0.05, 0) is 66.3 Å². The molecule has 7 heteroatoms. The molecule has 0 aromatic heterocycles. The molecule has 1 N–H and O–H groups in total. The molecule has 0 spiro atoms. The smallest absolute Gasteiger partial charge is 0.410 e. The minimum Gasteiger partial charge on any atom is -0.454 e. The number of nitrogens with one attached hydrogen (secondary N) is 1. The maximum Gasteiger partial charge on any atom is 0.410 e. The van der Waals surface area contributed by atoms with Crippen LogP contribution < -0.4 is 10.1 Å². The molecule has 0 radical (unpaired) electrons. The predicted molar refractivity (Wildman–Crippen MR) is 126 cm³/mol. The average molecular weight is 461 g/mol. The van der Waals surface area contributed by atoms with Crippen molar-refractivity contribution >= 4 is 18.1 Å². The zero-order chi connectivity index (χ0) is 23.7. The number of likely N-dealkylation sites (N-methyl/N-ethyl adjacent to an activating group) is 1. The van der Waals surface area contributed by atoms with Gasteiger partial charge in [0.1, 0.15) is 12.4 Å². The van der Waals surface area contributed by atoms with Crippen LogP contribution in [0.25, 0.3) is 6.08 Å². The highest BCUT2D eigenvalue weighted by Crippen LogP contribution is 2.30. The second-order valence-corrected chi connectivity index (χ2v) is 8.59. The first-order chi connectivity index (χ1) is 16.5. The standard InChI is InChI=1S/C27H25FN2O4/c1-2-30-21(16-33-27(30)32)13-17-3-7-22(8-4-17)34-25-10-6-19(14-23(25)28)11-18-5-9-24-20(12-18)15-26(31)29-24/h3-4,6-12,14,21H,2,5,13,15-16H2,1H3,(H,29,31)/b18-11+. The van der Waals surface area contributed by atoms with Gasteiger partial charge in [0.15, 0.2) is 11.6 Å². The van der Waals surface area contributed by atoms with Crippen LogP contribution in [-0.4, -0.2) is 36.1 Å². The Balaban J connectivity index is 1.23. The average Bonchev–Trinajstić information content (AvgIpc) is 3.37. The van der Waals surface area contributed by atoms with Gasteiger partial charge in [-0.15, -0.1) is 0 Å². The van der Waals surface area contributed by atoms with Crippen molar-refractivity contribution in [1.82, 2.24) is 10.2 Å². The highest BCUT2D eigenvalue weighted by atomic mass is 19.1. The first-order valence-corrected chi connectivity index (χ1v) is 11.4. The molecule has 1 unspecified atom stereocenters. The van der Waals surface area contributed by atoms with Crippen molar-refractivity contribution in [2.75, 3.05) is 13.2 Å². The van der Waals surface area contributed by atoms with Gasteiger partial charge in [-0.25, -0.2) is 9.18 Å². The molecule has 2 aromatic rings. The number of cyclic esters (lactones) is 1. The van der Waals surface area contributed by atoms with Gasteiger partial charge in [0.25, 0.3) is 0 Å². The maximum absolute atomic E-state index is 14.7. The van der Waals surface area contributed by atoms with E-state index in [-0.39, 0.29) is 23.8 Å². The fourth-order valence-electron chi connectivity index (χ4n) is 4.50. The van der Waals surface area contributed by atoms with Crippen LogP contribution >= 0.6 is 0 Å². The van der Waals surface area contributed by atoms with Crippen molar-refractivity contribution < 1.29 is 23.5 Å². The molecule has 2 saturated heterocycles. The molecule has 174 valence electrons. The Hall–Kier alpha value is -3.87. The molecule has 34 heavy (non-hydrogen) atoms. The number of ether oxygens (including phenoxy) is 2. The summed E-state index contributed by atoms with van der Waals surface area (Å²) in [5.41, 5.74) is 4.66. The number of hydrogen-bond acceptors (Lipinski definition) is 4. The van der Waals surface area contributed by atoms with Gasteiger partial charge >= 0.3 is 6.09 Å². The third-order valence-electron chi connectivity index (χ3n) is 6.22. The van der Waals surface area contributed by atoms with E-state index >= 15 is 0 Å². The lowest BCUT2D eigenvalue weighted by molar-refractivity contribution is -0.118. The van der Waals surface area contributed by atoms with Gasteiger partial charge in [0.05, 0.1) is 12.5 Å². The first kappa shape index (κ1) is 21.9. The molecular weight excluding hydrogens is 435 g/mol. The van der Waals surface area contributed by atoms with Crippen molar-refractivity contribution in [2.24, 2.45) is 0 Å². The van der Waals surface area contributed by atoms with E-state index in [1.165, 1.54) is 6.07 Å². The number of amides is 2. The summed E-state index contributed by atoms with van der Waals surface area (Å²) in [5, 5.41) is 2.84. The third kappa shape index (κ3) is 4.59. The Bertz CT molecular complexity index is 1230. The van der Waals surface area contributed by atoms with Crippen molar-refractivity contribution in [3.8, 4) is 11.5 Å². The predicted octanol–water partition coefficient (Wildman–Crippen LogP) is 5.12. The molecule has 1 atom stereocenters. The summed E-state index contributed by atoms with van der Waals surface area (Å²) in [4.78, 5) is 25.0. The van der Waals surface area contributed by atoms with Crippen LogP contribution in [0.15, 0.2) is 71.5 Å². The Morgan fingerprint density at radius 3 is 2.79 bits per heavy atom. The Kier molecular flexibility index (Phi) is 5.92. The third-order valence-corrected chi connectivity index (χ3v) is 6.22. The summed E-state index contributed by atoms with van der Waals surface area (Å²) in [6.07, 6.45) is 7.38. The zero-order valence-electron chi connectivity index (χ0n) is 18.8. The molecule has 2 aromatic carbocycles. The van der Waals surface area contributed by atoms with E-state index in [1.54, 1.807) is 23.1 Å². The van der Waals surface area contributed by atoms with Gasteiger partial charge in [0.2, 0.25) is 5.91 Å². The molecule has 3 aliphatic rings. The molecule has 5 rings (SSSR count). The van der Waals surface area contributed by atoms with Gasteiger partial charge in [-0.3, -0.25) is 4.79 Å². The molecule has 0 bridgehead atoms. The number of rotatable bonds is 6. The molecule has 1 aliphatic carbocycles. The minimum absolute atomic E-state index is 0.00455. The second-order valence-electron chi connectivity index (χ2n) is 8.59. The van der Waals surface area contributed by atoms with Crippen LogP contribution in [0.3, 0.4) is 0 Å². The van der Waals surface area contributed by atoms with Crippen LogP contribution in [0.1, 0.15) is 30.9 Å². The van der Waals surface area contributed by atoms with Gasteiger partial charge in [-0.2, -0.15) is 0 Å². The fourth-order valence-corrected chi connectivity index (χ4v) is 4.50. The molecular formula is C27H25FN2O4. The van der Waals surface area contributed by atoms with Gasteiger partial charge in [0, 0.05) is 12.2 Å². The second kappa shape index (κ2) is 9.17. The van der Waals surface area contributed by atoms with Crippen molar-refractivity contribution in [3.63, 3.8) is 0 Å². The monoisotopic (exact) mass is 460 g/mol. The molecule has 6 nitrogen and oxygen atoms in total. The van der Waals surface area contributed by atoms with Crippen LogP contribution in [-0.2, 0) is 16.0 Å². The number of halogens is 1. The fraction of sp³-hybridized carbons (Fsp3) is 0.259. The molecule has 2 aliphatic heterocycles. The van der Waals surface area contributed by atoms with Crippen LogP contribution in [0.5, 0.6) is 11.5 Å². The minimum atomic E-state index is -0.448. The van der Waals surface area contributed by atoms with E-state index in [1.807, 2.05) is 43.4 Å². The molecule has 2 heterocycles. The lowest BCUT2D eigenvalue weighted by atomic mass is 9.97. The van der Waals surface area contributed by atoms with Crippen LogP contribution in [0.4, 0.5) is 9.18 Å². The summed E-state index contributed by atoms with van der Waals surface area (Å²) in [5.74, 6) is 0.241. The van der Waals surface area contributed by atoms with E-state index in [0.29, 0.717) is 38.2 Å². The summed E-state index contributed by atoms with van der Waals surface area (Å²) >= 11 is 0. The molecule has 2 amide bonds. The van der Waals surface area contributed by atoms with Gasteiger partial charge in [-0.1, -0.05) is 36.4 Å². The number of hydrogen-bond donors (Lipinski definition) is 1. The molecule has 0 saturated carbocycles. The topological polar surface area (TPSA) is 67.9 Å². The van der Waals surface area contributed by atoms with Crippen LogP contribution in [0.2, 0.25) is 0 Å². The first-order valence-electron chi connectivity index (χ1n) is 11.4. The van der Waals surface area contributed by atoms with Gasteiger partial charge < -0.3 is 19.7 Å². The number of fused-ring (bicyclic) bond motifs is 1. The van der Waals surface area contributed by atoms with Crippen molar-refractivity contribution in [1.29, 1.82) is 0 Å². The summed E-state index contributed by atoms with van der Waals surface area (Å²) in [6.45, 7) is 2.94. The van der Waals surface area contributed by atoms with E-state index in [4.69, 9.17) is 9.47 Å². The number of carbonyl (C=O) groups excluding carboxylic acids is 2. The SMILES string of the molecule is CCN1C(=O)OCC1Cc1ccc(Oc2ccc(/C=C3/C=C4CC(=O)NC4=CC3)cc2F)cc1. The van der Waals surface area contributed by atoms with E-state index < -0.39 is 5.82 Å². The Labute approximate surface area is 197 Å².